The standard InChI is InChI=1S/C19H25N3O4S/c1-12-9-13(2)19(14(3)10-12)27(24,25)21-8-7-18(23)22-17-11-15(26-4)5-6-16(17)20/h5-6,9-11,21H,7-8,20H2,1-4H3,(H,22,23). The molecule has 4 N–H and O–H groups in total. The van der Waals surface area contributed by atoms with Crippen LogP contribution in [0.3, 0.4) is 0 Å². The van der Waals surface area contributed by atoms with Crippen LogP contribution in [0, 0.1) is 20.8 Å². The SMILES string of the molecule is COc1ccc(N)c(NC(=O)CCNS(=O)(=O)c2c(C)cc(C)cc2C)c1. The fraction of sp³-hybridized carbons (Fsp3) is 0.316. The van der Waals surface area contributed by atoms with E-state index in [4.69, 9.17) is 10.5 Å². The molecule has 0 unspecified atom stereocenters. The summed E-state index contributed by atoms with van der Waals surface area (Å²) in [5, 5.41) is 2.66. The van der Waals surface area contributed by atoms with Gasteiger partial charge in [-0.05, 0) is 44.0 Å². The van der Waals surface area contributed by atoms with Crippen LogP contribution < -0.4 is 20.5 Å². The van der Waals surface area contributed by atoms with E-state index in [2.05, 4.69) is 10.0 Å². The van der Waals surface area contributed by atoms with Crippen molar-refractivity contribution < 1.29 is 17.9 Å². The van der Waals surface area contributed by atoms with E-state index in [0.29, 0.717) is 28.3 Å². The van der Waals surface area contributed by atoms with Crippen molar-refractivity contribution in [1.29, 1.82) is 0 Å². The lowest BCUT2D eigenvalue weighted by Crippen LogP contribution is -2.29. The molecule has 1 amide bonds. The lowest BCUT2D eigenvalue weighted by atomic mass is 10.1. The van der Waals surface area contributed by atoms with Crippen LogP contribution in [-0.2, 0) is 14.8 Å². The van der Waals surface area contributed by atoms with Gasteiger partial charge < -0.3 is 15.8 Å². The minimum atomic E-state index is -3.70. The second kappa shape index (κ2) is 8.41. The van der Waals surface area contributed by atoms with Crippen molar-refractivity contribution >= 4 is 27.3 Å². The van der Waals surface area contributed by atoms with Crippen LogP contribution in [0.15, 0.2) is 35.2 Å². The molecule has 0 spiro atoms. The molecule has 7 nitrogen and oxygen atoms in total. The summed E-state index contributed by atoms with van der Waals surface area (Å²) >= 11 is 0. The fourth-order valence-corrected chi connectivity index (χ4v) is 4.43. The minimum Gasteiger partial charge on any atom is -0.497 e. The molecule has 8 heteroatoms. The smallest absolute Gasteiger partial charge is 0.241 e. The number of nitrogens with one attached hydrogen (secondary N) is 2. The molecule has 0 aliphatic carbocycles. The number of hydrogen-bond acceptors (Lipinski definition) is 5. The van der Waals surface area contributed by atoms with E-state index >= 15 is 0 Å². The summed E-state index contributed by atoms with van der Waals surface area (Å²) in [6, 6.07) is 8.56. The maximum absolute atomic E-state index is 12.6. The zero-order valence-corrected chi connectivity index (χ0v) is 16.7. The number of nitrogen functional groups attached to an aromatic ring is 1. The maximum Gasteiger partial charge on any atom is 0.241 e. The Balaban J connectivity index is 2.00. The first-order chi connectivity index (χ1) is 12.6. The number of hydrogen-bond donors (Lipinski definition) is 3. The van der Waals surface area contributed by atoms with Gasteiger partial charge in [-0.15, -0.1) is 0 Å². The quantitative estimate of drug-likeness (QED) is 0.628. The van der Waals surface area contributed by atoms with Gasteiger partial charge in [0.15, 0.2) is 0 Å². The van der Waals surface area contributed by atoms with E-state index in [1.165, 1.54) is 7.11 Å². The Morgan fingerprint density at radius 2 is 1.74 bits per heavy atom. The molecular weight excluding hydrogens is 366 g/mol. The number of methoxy groups -OCH3 is 1. The maximum atomic E-state index is 12.6. The Kier molecular flexibility index (Phi) is 6.45. The highest BCUT2D eigenvalue weighted by Gasteiger charge is 2.20. The normalized spacial score (nSPS) is 11.3. The van der Waals surface area contributed by atoms with Gasteiger partial charge in [0.25, 0.3) is 0 Å². The van der Waals surface area contributed by atoms with E-state index in [9.17, 15) is 13.2 Å². The average molecular weight is 391 g/mol. The van der Waals surface area contributed by atoms with Crippen LogP contribution >= 0.6 is 0 Å². The first-order valence-corrected chi connectivity index (χ1v) is 9.93. The lowest BCUT2D eigenvalue weighted by Gasteiger charge is -2.13. The zero-order valence-electron chi connectivity index (χ0n) is 15.9. The largest absolute Gasteiger partial charge is 0.497 e. The first-order valence-electron chi connectivity index (χ1n) is 8.45. The Hall–Kier alpha value is -2.58. The molecule has 0 atom stereocenters. The highest BCUT2D eigenvalue weighted by molar-refractivity contribution is 7.89. The number of sulfonamides is 1. The predicted octanol–water partition coefficient (Wildman–Crippen LogP) is 2.51. The van der Waals surface area contributed by atoms with Crippen molar-refractivity contribution in [3.05, 3.63) is 47.0 Å². The van der Waals surface area contributed by atoms with Crippen LogP contribution in [0.5, 0.6) is 5.75 Å². The second-order valence-electron chi connectivity index (χ2n) is 6.38. The Labute approximate surface area is 160 Å². The highest BCUT2D eigenvalue weighted by atomic mass is 32.2. The molecule has 2 rings (SSSR count). The number of nitrogens with two attached hydrogens (primary N) is 1. The third kappa shape index (κ3) is 5.21. The molecule has 0 heterocycles. The number of aryl methyl sites for hydroxylation is 3. The van der Waals surface area contributed by atoms with Gasteiger partial charge in [-0.3, -0.25) is 4.79 Å². The van der Waals surface area contributed by atoms with Crippen LogP contribution in [-0.4, -0.2) is 28.0 Å². The first kappa shape index (κ1) is 20.7. The number of amides is 1. The van der Waals surface area contributed by atoms with Crippen molar-refractivity contribution in [3.8, 4) is 5.75 Å². The predicted molar refractivity (Wildman–Crippen MR) is 106 cm³/mol. The van der Waals surface area contributed by atoms with Gasteiger partial charge in [-0.2, -0.15) is 0 Å². The molecule has 0 aliphatic heterocycles. The highest BCUT2D eigenvalue weighted by Crippen LogP contribution is 2.24. The van der Waals surface area contributed by atoms with E-state index in [1.807, 2.05) is 19.1 Å². The second-order valence-corrected chi connectivity index (χ2v) is 8.08. The van der Waals surface area contributed by atoms with Gasteiger partial charge in [-0.25, -0.2) is 13.1 Å². The molecule has 0 fully saturated rings. The molecule has 0 saturated carbocycles. The van der Waals surface area contributed by atoms with Gasteiger partial charge in [0.1, 0.15) is 5.75 Å². The minimum absolute atomic E-state index is 0.0230. The van der Waals surface area contributed by atoms with Crippen LogP contribution in [0.1, 0.15) is 23.1 Å². The number of rotatable bonds is 7. The summed E-state index contributed by atoms with van der Waals surface area (Å²) in [7, 11) is -2.19. The molecule has 0 radical (unpaired) electrons. The van der Waals surface area contributed by atoms with E-state index in [1.54, 1.807) is 32.0 Å². The summed E-state index contributed by atoms with van der Waals surface area (Å²) < 4.78 is 32.8. The lowest BCUT2D eigenvalue weighted by molar-refractivity contribution is -0.116. The van der Waals surface area contributed by atoms with Crippen molar-refractivity contribution in [2.75, 3.05) is 24.7 Å². The monoisotopic (exact) mass is 391 g/mol. The van der Waals surface area contributed by atoms with Gasteiger partial charge in [0.2, 0.25) is 15.9 Å². The number of ether oxygens (including phenoxy) is 1. The molecular formula is C19H25N3O4S. The third-order valence-electron chi connectivity index (χ3n) is 4.05. The average Bonchev–Trinajstić information content (AvgIpc) is 2.55. The van der Waals surface area contributed by atoms with Gasteiger partial charge in [0, 0.05) is 19.0 Å². The summed E-state index contributed by atoms with van der Waals surface area (Å²) in [6.07, 6.45) is -0.0279. The zero-order chi connectivity index (χ0) is 20.2. The summed E-state index contributed by atoms with van der Waals surface area (Å²) in [5.74, 6) is 0.209. The summed E-state index contributed by atoms with van der Waals surface area (Å²) in [6.45, 7) is 5.41. The molecule has 0 aliphatic rings. The van der Waals surface area contributed by atoms with Crippen molar-refractivity contribution in [2.45, 2.75) is 32.1 Å². The Morgan fingerprint density at radius 1 is 1.11 bits per heavy atom. The Morgan fingerprint density at radius 3 is 2.33 bits per heavy atom. The molecule has 2 aromatic rings. The van der Waals surface area contributed by atoms with Gasteiger partial charge in [0.05, 0.1) is 23.4 Å². The van der Waals surface area contributed by atoms with Crippen molar-refractivity contribution in [2.24, 2.45) is 0 Å². The van der Waals surface area contributed by atoms with Crippen molar-refractivity contribution in [3.63, 3.8) is 0 Å². The van der Waals surface area contributed by atoms with Gasteiger partial charge >= 0.3 is 0 Å². The van der Waals surface area contributed by atoms with Crippen LogP contribution in [0.2, 0.25) is 0 Å². The van der Waals surface area contributed by atoms with Crippen molar-refractivity contribution in [1.82, 2.24) is 4.72 Å². The number of carbonyl (C=O) groups is 1. The number of anilines is 2. The Bertz CT molecular complexity index is 932. The molecule has 27 heavy (non-hydrogen) atoms. The summed E-state index contributed by atoms with van der Waals surface area (Å²) in [4.78, 5) is 12.4. The number of carbonyl (C=O) groups excluding carboxylic acids is 1. The summed E-state index contributed by atoms with van der Waals surface area (Å²) in [5.41, 5.74) is 9.00. The van der Waals surface area contributed by atoms with Gasteiger partial charge in [-0.1, -0.05) is 17.7 Å². The van der Waals surface area contributed by atoms with Crippen LogP contribution in [0.4, 0.5) is 11.4 Å². The van der Waals surface area contributed by atoms with E-state index < -0.39 is 10.0 Å². The molecule has 2 aromatic carbocycles. The fourth-order valence-electron chi connectivity index (χ4n) is 2.95. The molecule has 0 aromatic heterocycles. The van der Waals surface area contributed by atoms with Crippen LogP contribution in [0.25, 0.3) is 0 Å². The molecule has 0 bridgehead atoms. The van der Waals surface area contributed by atoms with E-state index in [-0.39, 0.29) is 23.8 Å². The van der Waals surface area contributed by atoms with E-state index in [0.717, 1.165) is 5.56 Å². The number of benzene rings is 2. The third-order valence-corrected chi connectivity index (χ3v) is 5.82. The topological polar surface area (TPSA) is 111 Å². The molecule has 0 saturated heterocycles. The molecule has 146 valence electrons.